The van der Waals surface area contributed by atoms with E-state index in [1.165, 1.54) is 6.20 Å². The Bertz CT molecular complexity index is 661. The van der Waals surface area contributed by atoms with E-state index in [-0.39, 0.29) is 42.4 Å². The highest BCUT2D eigenvalue weighted by molar-refractivity contribution is 6.22. The molecule has 126 valence electrons. The summed E-state index contributed by atoms with van der Waals surface area (Å²) in [5, 5.41) is 13.2. The molecule has 1 fully saturated rings. The van der Waals surface area contributed by atoms with Crippen molar-refractivity contribution in [2.45, 2.75) is 18.8 Å². The van der Waals surface area contributed by atoms with Gasteiger partial charge in [0.1, 0.15) is 6.54 Å². The first kappa shape index (κ1) is 17.4. The van der Waals surface area contributed by atoms with Crippen molar-refractivity contribution in [1.82, 2.24) is 10.6 Å². The SMILES string of the molecule is O=C(O)CNC(=O)CNC=C1C(=O)CC(c2ccccc2)CC1=O. The number of carboxylic acids is 1. The summed E-state index contributed by atoms with van der Waals surface area (Å²) < 4.78 is 0. The van der Waals surface area contributed by atoms with Crippen LogP contribution in [0, 0.1) is 0 Å². The monoisotopic (exact) mass is 330 g/mol. The quantitative estimate of drug-likeness (QED) is 0.513. The number of ketones is 2. The van der Waals surface area contributed by atoms with Crippen LogP contribution in [0.15, 0.2) is 42.1 Å². The largest absolute Gasteiger partial charge is 0.480 e. The molecule has 3 N–H and O–H groups in total. The first-order valence-electron chi connectivity index (χ1n) is 7.50. The van der Waals surface area contributed by atoms with E-state index in [0.717, 1.165) is 5.56 Å². The van der Waals surface area contributed by atoms with E-state index in [2.05, 4.69) is 10.6 Å². The van der Waals surface area contributed by atoms with E-state index >= 15 is 0 Å². The smallest absolute Gasteiger partial charge is 0.322 e. The molecule has 0 atom stereocenters. The van der Waals surface area contributed by atoms with Crippen molar-refractivity contribution in [1.29, 1.82) is 0 Å². The molecule has 1 aliphatic rings. The molecule has 24 heavy (non-hydrogen) atoms. The first-order chi connectivity index (χ1) is 11.5. The number of hydrogen-bond donors (Lipinski definition) is 3. The van der Waals surface area contributed by atoms with Crippen LogP contribution in [0.1, 0.15) is 24.3 Å². The zero-order chi connectivity index (χ0) is 17.5. The van der Waals surface area contributed by atoms with Crippen LogP contribution in [-0.4, -0.2) is 41.6 Å². The van der Waals surface area contributed by atoms with Gasteiger partial charge in [0.05, 0.1) is 12.1 Å². The highest BCUT2D eigenvalue weighted by Crippen LogP contribution is 2.31. The van der Waals surface area contributed by atoms with Gasteiger partial charge < -0.3 is 15.7 Å². The number of allylic oxidation sites excluding steroid dienone is 1. The summed E-state index contributed by atoms with van der Waals surface area (Å²) in [5.74, 6) is -2.34. The lowest BCUT2D eigenvalue weighted by atomic mass is 9.80. The predicted octanol–water partition coefficient (Wildman–Crippen LogP) is 0.376. The number of carbonyl (C=O) groups excluding carboxylic acids is 3. The lowest BCUT2D eigenvalue weighted by Gasteiger charge is -2.22. The van der Waals surface area contributed by atoms with E-state index in [0.29, 0.717) is 0 Å². The summed E-state index contributed by atoms with van der Waals surface area (Å²) in [7, 11) is 0. The van der Waals surface area contributed by atoms with Gasteiger partial charge in [-0.2, -0.15) is 0 Å². The van der Waals surface area contributed by atoms with Crippen LogP contribution in [0.2, 0.25) is 0 Å². The Balaban J connectivity index is 1.91. The van der Waals surface area contributed by atoms with Crippen LogP contribution in [0.3, 0.4) is 0 Å². The number of carbonyl (C=O) groups is 4. The Morgan fingerprint density at radius 3 is 2.29 bits per heavy atom. The minimum atomic E-state index is -1.15. The topological polar surface area (TPSA) is 113 Å². The maximum absolute atomic E-state index is 12.2. The fraction of sp³-hybridized carbons (Fsp3) is 0.294. The zero-order valence-corrected chi connectivity index (χ0v) is 13.0. The van der Waals surface area contributed by atoms with Crippen LogP contribution >= 0.6 is 0 Å². The maximum atomic E-state index is 12.2. The molecule has 1 aromatic rings. The van der Waals surface area contributed by atoms with E-state index in [1.54, 1.807) is 0 Å². The van der Waals surface area contributed by atoms with Crippen molar-refractivity contribution < 1.29 is 24.3 Å². The second kappa shape index (κ2) is 8.05. The Kier molecular flexibility index (Phi) is 5.83. The second-order valence-corrected chi connectivity index (χ2v) is 5.47. The minimum Gasteiger partial charge on any atom is -0.480 e. The average Bonchev–Trinajstić information content (AvgIpc) is 2.56. The van der Waals surface area contributed by atoms with E-state index in [4.69, 9.17) is 5.11 Å². The summed E-state index contributed by atoms with van der Waals surface area (Å²) in [5.41, 5.74) is 1.01. The van der Waals surface area contributed by atoms with Gasteiger partial charge in [-0.15, -0.1) is 0 Å². The van der Waals surface area contributed by atoms with Gasteiger partial charge in [0, 0.05) is 19.0 Å². The summed E-state index contributed by atoms with van der Waals surface area (Å²) in [6.45, 7) is -0.687. The molecular weight excluding hydrogens is 312 g/mol. The van der Waals surface area contributed by atoms with Gasteiger partial charge in [-0.1, -0.05) is 30.3 Å². The van der Waals surface area contributed by atoms with E-state index < -0.39 is 18.4 Å². The number of Topliss-reactive ketones (excluding diaryl/α,β-unsaturated/α-hetero) is 2. The highest BCUT2D eigenvalue weighted by atomic mass is 16.4. The molecule has 1 aliphatic carbocycles. The summed E-state index contributed by atoms with van der Waals surface area (Å²) in [4.78, 5) is 46.0. The standard InChI is InChI=1S/C17H18N2O5/c20-14-6-12(11-4-2-1-3-5-11)7-15(21)13(14)8-18-9-16(22)19-10-17(23)24/h1-5,8,12,18H,6-7,9-10H2,(H,19,22)(H,23,24). The van der Waals surface area contributed by atoms with Gasteiger partial charge in [0.25, 0.3) is 0 Å². The van der Waals surface area contributed by atoms with Crippen LogP contribution in [0.25, 0.3) is 0 Å². The van der Waals surface area contributed by atoms with Gasteiger partial charge >= 0.3 is 5.97 Å². The molecule has 0 heterocycles. The van der Waals surface area contributed by atoms with E-state index in [1.807, 2.05) is 30.3 Å². The van der Waals surface area contributed by atoms with E-state index in [9.17, 15) is 19.2 Å². The molecule has 0 unspecified atom stereocenters. The van der Waals surface area contributed by atoms with Crippen molar-refractivity contribution in [2.75, 3.05) is 13.1 Å². The number of rotatable bonds is 6. The van der Waals surface area contributed by atoms with Crippen molar-refractivity contribution in [3.63, 3.8) is 0 Å². The van der Waals surface area contributed by atoms with Gasteiger partial charge in [-0.3, -0.25) is 19.2 Å². The number of aliphatic carboxylic acids is 1. The first-order valence-corrected chi connectivity index (χ1v) is 7.50. The van der Waals surface area contributed by atoms with Gasteiger partial charge in [-0.05, 0) is 11.5 Å². The summed E-state index contributed by atoms with van der Waals surface area (Å²) in [6, 6.07) is 9.40. The normalized spacial score (nSPS) is 17.3. The molecule has 0 radical (unpaired) electrons. The molecule has 7 heteroatoms. The fourth-order valence-electron chi connectivity index (χ4n) is 2.50. The molecule has 7 nitrogen and oxygen atoms in total. The van der Waals surface area contributed by atoms with Crippen LogP contribution in [0.4, 0.5) is 0 Å². The Hall–Kier alpha value is -2.96. The van der Waals surface area contributed by atoms with Crippen LogP contribution < -0.4 is 10.6 Å². The van der Waals surface area contributed by atoms with Gasteiger partial charge in [-0.25, -0.2) is 0 Å². The van der Waals surface area contributed by atoms with Crippen molar-refractivity contribution >= 4 is 23.4 Å². The van der Waals surface area contributed by atoms with Gasteiger partial charge in [0.15, 0.2) is 11.6 Å². The van der Waals surface area contributed by atoms with Crippen LogP contribution in [-0.2, 0) is 19.2 Å². The minimum absolute atomic E-state index is 0.0493. The van der Waals surface area contributed by atoms with Crippen LogP contribution in [0.5, 0.6) is 0 Å². The summed E-state index contributed by atoms with van der Waals surface area (Å²) >= 11 is 0. The highest BCUT2D eigenvalue weighted by Gasteiger charge is 2.31. The predicted molar refractivity (Wildman–Crippen MR) is 85.2 cm³/mol. The molecule has 1 amide bonds. The van der Waals surface area contributed by atoms with Crippen molar-refractivity contribution in [3.8, 4) is 0 Å². The molecule has 0 bridgehead atoms. The lowest BCUT2D eigenvalue weighted by molar-refractivity contribution is -0.137. The molecule has 0 saturated heterocycles. The molecule has 1 saturated carbocycles. The number of benzene rings is 1. The average molecular weight is 330 g/mol. The Labute approximate surface area is 138 Å². The number of hydrogen-bond acceptors (Lipinski definition) is 5. The molecule has 0 spiro atoms. The van der Waals surface area contributed by atoms with Gasteiger partial charge in [0.2, 0.25) is 5.91 Å². The second-order valence-electron chi connectivity index (χ2n) is 5.47. The Morgan fingerprint density at radius 2 is 1.71 bits per heavy atom. The zero-order valence-electron chi connectivity index (χ0n) is 13.0. The number of nitrogens with one attached hydrogen (secondary N) is 2. The third kappa shape index (κ3) is 4.77. The lowest BCUT2D eigenvalue weighted by Crippen LogP contribution is -2.36. The summed E-state index contributed by atoms with van der Waals surface area (Å²) in [6.07, 6.45) is 1.73. The number of carboxylic acid groups (broad SMARTS) is 1. The third-order valence-electron chi connectivity index (χ3n) is 3.68. The fourth-order valence-corrected chi connectivity index (χ4v) is 2.50. The molecule has 2 rings (SSSR count). The third-order valence-corrected chi connectivity index (χ3v) is 3.68. The molecular formula is C17H18N2O5. The molecule has 0 aromatic heterocycles. The van der Waals surface area contributed by atoms with Crippen molar-refractivity contribution in [3.05, 3.63) is 47.7 Å². The molecule has 1 aromatic carbocycles. The molecule has 0 aliphatic heterocycles. The number of amides is 1. The Morgan fingerprint density at radius 1 is 1.08 bits per heavy atom. The van der Waals surface area contributed by atoms with Crippen molar-refractivity contribution in [2.24, 2.45) is 0 Å². The maximum Gasteiger partial charge on any atom is 0.322 e.